The van der Waals surface area contributed by atoms with Crippen molar-refractivity contribution in [3.8, 4) is 18.0 Å². The van der Waals surface area contributed by atoms with Gasteiger partial charge in [-0.05, 0) is 24.1 Å². The lowest BCUT2D eigenvalue weighted by atomic mass is 9.95. The number of pyridine rings is 1. The molecule has 2 aromatic rings. The van der Waals surface area contributed by atoms with Crippen LogP contribution in [-0.4, -0.2) is 55.3 Å². The van der Waals surface area contributed by atoms with Gasteiger partial charge in [0.2, 0.25) is 5.96 Å². The van der Waals surface area contributed by atoms with Gasteiger partial charge in [0.25, 0.3) is 0 Å². The number of nitrogens with one attached hydrogen (secondary N) is 2. The van der Waals surface area contributed by atoms with Gasteiger partial charge < -0.3 is 26.3 Å². The summed E-state index contributed by atoms with van der Waals surface area (Å²) in [6.07, 6.45) is 2.74. The Bertz CT molecular complexity index is 1130. The minimum absolute atomic E-state index is 0.00978. The highest BCUT2D eigenvalue weighted by Gasteiger charge is 2.29. The molecule has 170 valence electrons. The molecule has 1 atom stereocenters. The third-order valence-corrected chi connectivity index (χ3v) is 5.52. The molecule has 1 aromatic heterocycles. The number of ether oxygens (including phenoxy) is 2. The van der Waals surface area contributed by atoms with Crippen molar-refractivity contribution in [2.24, 2.45) is 4.99 Å². The summed E-state index contributed by atoms with van der Waals surface area (Å²) < 4.78 is 11.4. The van der Waals surface area contributed by atoms with Gasteiger partial charge in [0.15, 0.2) is 6.19 Å². The summed E-state index contributed by atoms with van der Waals surface area (Å²) in [6.45, 7) is 4.99. The molecule has 3 heterocycles. The number of nitrogen functional groups attached to an aromatic ring is 2. The molecule has 1 fully saturated rings. The summed E-state index contributed by atoms with van der Waals surface area (Å²) in [4.78, 5) is 11.2. The highest BCUT2D eigenvalue weighted by molar-refractivity contribution is 5.98. The number of benzene rings is 1. The molecule has 0 spiro atoms. The van der Waals surface area contributed by atoms with Crippen LogP contribution in [0.2, 0.25) is 0 Å². The Hall–Kier alpha value is -4.06. The van der Waals surface area contributed by atoms with Crippen molar-refractivity contribution in [1.29, 1.82) is 10.5 Å². The van der Waals surface area contributed by atoms with Gasteiger partial charge in [0.1, 0.15) is 35.1 Å². The number of anilines is 3. The summed E-state index contributed by atoms with van der Waals surface area (Å²) in [5, 5.41) is 23.9. The van der Waals surface area contributed by atoms with Crippen molar-refractivity contribution in [2.75, 3.05) is 56.2 Å². The molecule has 0 saturated carbocycles. The normalized spacial score (nSPS) is 17.6. The molecule has 2 aliphatic heterocycles. The molecule has 11 nitrogen and oxygen atoms in total. The average Bonchev–Trinajstić information content (AvgIpc) is 2.82. The van der Waals surface area contributed by atoms with E-state index in [0.717, 1.165) is 44.8 Å². The van der Waals surface area contributed by atoms with Gasteiger partial charge in [-0.3, -0.25) is 10.2 Å². The van der Waals surface area contributed by atoms with Crippen LogP contribution < -0.4 is 26.8 Å². The third kappa shape index (κ3) is 4.90. The van der Waals surface area contributed by atoms with E-state index in [4.69, 9.17) is 26.2 Å². The number of nitrogens with two attached hydrogens (primary N) is 2. The second kappa shape index (κ2) is 10.0. The second-order valence-corrected chi connectivity index (χ2v) is 7.63. The molecule has 1 unspecified atom stereocenters. The van der Waals surface area contributed by atoms with Crippen molar-refractivity contribution in [2.45, 2.75) is 12.5 Å². The van der Waals surface area contributed by atoms with E-state index in [1.807, 2.05) is 36.5 Å². The highest BCUT2D eigenvalue weighted by Crippen LogP contribution is 2.41. The first-order valence-electron chi connectivity index (χ1n) is 10.6. The fraction of sp³-hybridized carbons (Fsp3) is 0.364. The summed E-state index contributed by atoms with van der Waals surface area (Å²) >= 11 is 0. The zero-order valence-electron chi connectivity index (χ0n) is 18.0. The smallest absolute Gasteiger partial charge is 0.211 e. The maximum Gasteiger partial charge on any atom is 0.211 e. The Morgan fingerprint density at radius 3 is 2.85 bits per heavy atom. The van der Waals surface area contributed by atoms with Crippen molar-refractivity contribution in [3.63, 3.8) is 0 Å². The van der Waals surface area contributed by atoms with E-state index in [1.165, 1.54) is 0 Å². The Balaban J connectivity index is 1.55. The highest BCUT2D eigenvalue weighted by atomic mass is 16.5. The largest absolute Gasteiger partial charge is 0.494 e. The summed E-state index contributed by atoms with van der Waals surface area (Å²) in [5.41, 5.74) is 13.8. The molecule has 0 bridgehead atoms. The van der Waals surface area contributed by atoms with E-state index < -0.39 is 6.04 Å². The van der Waals surface area contributed by atoms with Crippen LogP contribution in [0.5, 0.6) is 5.75 Å². The van der Waals surface area contributed by atoms with E-state index in [2.05, 4.69) is 25.5 Å². The topological polar surface area (TPSA) is 171 Å². The summed E-state index contributed by atoms with van der Waals surface area (Å²) in [5.74, 6) is 1.26. The molecule has 0 aliphatic carbocycles. The quantitative estimate of drug-likeness (QED) is 0.286. The maximum atomic E-state index is 9.46. The molecule has 6 N–H and O–H groups in total. The lowest BCUT2D eigenvalue weighted by Gasteiger charge is -2.27. The number of guanidine groups is 1. The molecule has 1 aromatic carbocycles. The first-order chi connectivity index (χ1) is 16.1. The number of hydrogen-bond donors (Lipinski definition) is 4. The number of aliphatic imine (C=N–C) groups is 1. The van der Waals surface area contributed by atoms with Gasteiger partial charge in [-0.1, -0.05) is 12.1 Å². The number of hydrogen-bond acceptors (Lipinski definition) is 11. The molecule has 0 amide bonds. The Labute approximate surface area is 191 Å². The first-order valence-corrected chi connectivity index (χ1v) is 10.6. The van der Waals surface area contributed by atoms with Crippen molar-refractivity contribution >= 4 is 23.3 Å². The molecule has 0 radical (unpaired) electrons. The first kappa shape index (κ1) is 22.1. The van der Waals surface area contributed by atoms with E-state index in [1.54, 1.807) is 0 Å². The average molecular weight is 448 g/mol. The van der Waals surface area contributed by atoms with Crippen LogP contribution in [0.3, 0.4) is 0 Å². The third-order valence-electron chi connectivity index (χ3n) is 5.52. The molecule has 1 saturated heterocycles. The van der Waals surface area contributed by atoms with Crippen LogP contribution in [0.15, 0.2) is 29.3 Å². The molecular formula is C22H25N9O2. The number of fused-ring (bicyclic) bond motifs is 1. The lowest BCUT2D eigenvalue weighted by Crippen LogP contribution is -2.37. The van der Waals surface area contributed by atoms with Crippen molar-refractivity contribution < 1.29 is 9.47 Å². The number of nitrogens with zero attached hydrogens (tertiary/aromatic N) is 5. The van der Waals surface area contributed by atoms with E-state index in [9.17, 15) is 5.26 Å². The SMILES string of the molecule is N#CNC1=NC(c2cccc(OCCCN3CCOCC3)c2)c2c(nc(N)c(C#N)c2N)N1. The van der Waals surface area contributed by atoms with Gasteiger partial charge in [0, 0.05) is 25.2 Å². The van der Waals surface area contributed by atoms with Gasteiger partial charge in [-0.25, -0.2) is 9.98 Å². The number of aromatic nitrogens is 1. The van der Waals surface area contributed by atoms with E-state index in [-0.39, 0.29) is 23.0 Å². The molecule has 4 rings (SSSR count). The minimum atomic E-state index is -0.603. The number of rotatable bonds is 6. The predicted octanol–water partition coefficient (Wildman–Crippen LogP) is 1.16. The maximum absolute atomic E-state index is 9.46. The fourth-order valence-corrected chi connectivity index (χ4v) is 3.90. The van der Waals surface area contributed by atoms with Crippen LogP contribution in [0.25, 0.3) is 0 Å². The van der Waals surface area contributed by atoms with Gasteiger partial charge in [-0.2, -0.15) is 10.5 Å². The van der Waals surface area contributed by atoms with Gasteiger partial charge in [-0.15, -0.1) is 0 Å². The predicted molar refractivity (Wildman–Crippen MR) is 123 cm³/mol. The minimum Gasteiger partial charge on any atom is -0.494 e. The molecule has 2 aliphatic rings. The van der Waals surface area contributed by atoms with Crippen molar-refractivity contribution in [3.05, 3.63) is 41.0 Å². The zero-order chi connectivity index (χ0) is 23.2. The zero-order valence-corrected chi connectivity index (χ0v) is 18.0. The summed E-state index contributed by atoms with van der Waals surface area (Å²) in [7, 11) is 0. The molecular weight excluding hydrogens is 422 g/mol. The second-order valence-electron chi connectivity index (χ2n) is 7.63. The number of nitriles is 2. The van der Waals surface area contributed by atoms with Gasteiger partial charge >= 0.3 is 0 Å². The van der Waals surface area contributed by atoms with Crippen molar-refractivity contribution in [1.82, 2.24) is 15.2 Å². The van der Waals surface area contributed by atoms with Crippen LogP contribution in [0.4, 0.5) is 17.3 Å². The lowest BCUT2D eigenvalue weighted by molar-refractivity contribution is 0.0358. The fourth-order valence-electron chi connectivity index (χ4n) is 3.90. The Morgan fingerprint density at radius 1 is 1.27 bits per heavy atom. The van der Waals surface area contributed by atoms with Gasteiger partial charge in [0.05, 0.1) is 25.5 Å². The number of morpholine rings is 1. The molecule has 11 heteroatoms. The van der Waals surface area contributed by atoms with Crippen LogP contribution in [0, 0.1) is 22.8 Å². The van der Waals surface area contributed by atoms with Crippen LogP contribution >= 0.6 is 0 Å². The Morgan fingerprint density at radius 2 is 2.09 bits per heavy atom. The van der Waals surface area contributed by atoms with Crippen LogP contribution in [-0.2, 0) is 4.74 Å². The van der Waals surface area contributed by atoms with Crippen LogP contribution in [0.1, 0.15) is 29.2 Å². The van der Waals surface area contributed by atoms with E-state index >= 15 is 0 Å². The standard InChI is InChI=1S/C22H25N9O2/c23-12-16-18(25)17-19(28-22(27-13-24)30-21(17)29-20(16)26)14-3-1-4-15(11-14)33-8-2-5-31-6-9-32-10-7-31/h1,3-4,11,19H,2,5-10H2,(H6,25,26,27,28,29,30). The Kier molecular flexibility index (Phi) is 6.74. The molecule has 33 heavy (non-hydrogen) atoms. The monoisotopic (exact) mass is 447 g/mol. The summed E-state index contributed by atoms with van der Waals surface area (Å²) in [6, 6.07) is 8.91. The van der Waals surface area contributed by atoms with E-state index in [0.29, 0.717) is 23.7 Å².